The minimum absolute atomic E-state index is 0.676. The molecule has 0 aromatic carbocycles. The van der Waals surface area contributed by atoms with Gasteiger partial charge in [0.05, 0.1) is 0 Å². The monoisotopic (exact) mass is 298 g/mol. The molecule has 1 rings (SSSR count). The van der Waals surface area contributed by atoms with Crippen molar-refractivity contribution >= 4 is 15.9 Å². The van der Waals surface area contributed by atoms with Gasteiger partial charge in [-0.1, -0.05) is 20.8 Å². The maximum absolute atomic E-state index is 4.21. The quantitative estimate of drug-likeness (QED) is 0.777. The predicted octanol–water partition coefficient (Wildman–Crippen LogP) is 3.66. The topological polar surface area (TPSA) is 24.9 Å². The van der Waals surface area contributed by atoms with Crippen molar-refractivity contribution in [1.29, 1.82) is 0 Å². The summed E-state index contributed by atoms with van der Waals surface area (Å²) in [6.07, 6.45) is 6.10. The maximum atomic E-state index is 4.21. The van der Waals surface area contributed by atoms with Crippen LogP contribution in [0.15, 0.2) is 22.9 Å². The van der Waals surface area contributed by atoms with E-state index in [1.807, 2.05) is 12.4 Å². The average Bonchev–Trinajstić information content (AvgIpc) is 2.29. The Labute approximate surface area is 113 Å². The van der Waals surface area contributed by atoms with E-state index in [0.29, 0.717) is 11.8 Å². The average molecular weight is 299 g/mol. The second-order valence-corrected chi connectivity index (χ2v) is 5.79. The van der Waals surface area contributed by atoms with E-state index >= 15 is 0 Å². The minimum atomic E-state index is 0.676. The van der Waals surface area contributed by atoms with Gasteiger partial charge in [-0.05, 0) is 65.3 Å². The zero-order valence-electron chi connectivity index (χ0n) is 11.0. The van der Waals surface area contributed by atoms with E-state index in [-0.39, 0.29) is 0 Å². The summed E-state index contributed by atoms with van der Waals surface area (Å²) in [5.41, 5.74) is 1.31. The van der Waals surface area contributed by atoms with Gasteiger partial charge < -0.3 is 5.32 Å². The molecule has 0 aliphatic heterocycles. The van der Waals surface area contributed by atoms with Crippen LogP contribution in [0.1, 0.15) is 32.8 Å². The molecule has 0 saturated carbocycles. The summed E-state index contributed by atoms with van der Waals surface area (Å²) in [7, 11) is 0. The predicted molar refractivity (Wildman–Crippen MR) is 77.1 cm³/mol. The lowest BCUT2D eigenvalue weighted by molar-refractivity contribution is 0.365. The number of hydrogen-bond donors (Lipinski definition) is 1. The summed E-state index contributed by atoms with van der Waals surface area (Å²) in [6.45, 7) is 9.07. The molecule has 2 atom stereocenters. The van der Waals surface area contributed by atoms with Crippen LogP contribution in [0.25, 0.3) is 0 Å². The first-order valence-corrected chi connectivity index (χ1v) is 7.23. The molecule has 1 aromatic heterocycles. The molecule has 17 heavy (non-hydrogen) atoms. The van der Waals surface area contributed by atoms with Crippen LogP contribution in [-0.2, 0) is 6.42 Å². The van der Waals surface area contributed by atoms with Crippen LogP contribution in [0.4, 0.5) is 0 Å². The maximum Gasteiger partial charge on any atom is 0.0410 e. The molecule has 0 amide bonds. The van der Waals surface area contributed by atoms with Crippen LogP contribution in [-0.4, -0.2) is 18.1 Å². The Kier molecular flexibility index (Phi) is 6.75. The zero-order chi connectivity index (χ0) is 12.7. The number of pyridine rings is 1. The standard InChI is InChI=1S/C14H23BrN2/c1-4-5-16-8-12(3)11(2)6-13-7-14(15)10-17-9-13/h7,9-12,16H,4-6,8H2,1-3H3. The second kappa shape index (κ2) is 7.83. The first-order chi connectivity index (χ1) is 8.13. The highest BCUT2D eigenvalue weighted by Crippen LogP contribution is 2.18. The van der Waals surface area contributed by atoms with Crippen molar-refractivity contribution < 1.29 is 0 Å². The van der Waals surface area contributed by atoms with Crippen molar-refractivity contribution in [1.82, 2.24) is 10.3 Å². The van der Waals surface area contributed by atoms with Crippen molar-refractivity contribution in [3.8, 4) is 0 Å². The molecule has 2 unspecified atom stereocenters. The summed E-state index contributed by atoms with van der Waals surface area (Å²) in [5, 5.41) is 3.49. The Bertz CT molecular complexity index is 328. The van der Waals surface area contributed by atoms with E-state index in [4.69, 9.17) is 0 Å². The van der Waals surface area contributed by atoms with Crippen LogP contribution in [0.2, 0.25) is 0 Å². The molecule has 0 bridgehead atoms. The van der Waals surface area contributed by atoms with Gasteiger partial charge in [0.25, 0.3) is 0 Å². The van der Waals surface area contributed by atoms with Crippen molar-refractivity contribution in [3.05, 3.63) is 28.5 Å². The molecule has 1 N–H and O–H groups in total. The Morgan fingerprint density at radius 2 is 2.06 bits per heavy atom. The lowest BCUT2D eigenvalue weighted by Gasteiger charge is -2.20. The van der Waals surface area contributed by atoms with Crippen LogP contribution >= 0.6 is 15.9 Å². The first-order valence-electron chi connectivity index (χ1n) is 6.43. The highest BCUT2D eigenvalue weighted by atomic mass is 79.9. The molecule has 0 saturated heterocycles. The molecule has 0 aliphatic rings. The number of hydrogen-bond acceptors (Lipinski definition) is 2. The SMILES string of the molecule is CCCNCC(C)C(C)Cc1cncc(Br)c1. The normalized spacial score (nSPS) is 14.6. The van der Waals surface area contributed by atoms with Crippen molar-refractivity contribution in [2.45, 2.75) is 33.6 Å². The van der Waals surface area contributed by atoms with Gasteiger partial charge in [0, 0.05) is 16.9 Å². The van der Waals surface area contributed by atoms with Crippen molar-refractivity contribution in [2.75, 3.05) is 13.1 Å². The number of nitrogens with zero attached hydrogens (tertiary/aromatic N) is 1. The van der Waals surface area contributed by atoms with E-state index in [2.05, 4.69) is 53.1 Å². The van der Waals surface area contributed by atoms with Crippen LogP contribution < -0.4 is 5.32 Å². The van der Waals surface area contributed by atoms with Gasteiger partial charge in [0.15, 0.2) is 0 Å². The van der Waals surface area contributed by atoms with Gasteiger partial charge in [-0.25, -0.2) is 0 Å². The van der Waals surface area contributed by atoms with E-state index in [1.165, 1.54) is 12.0 Å². The minimum Gasteiger partial charge on any atom is -0.316 e. The molecule has 0 spiro atoms. The third kappa shape index (κ3) is 5.64. The van der Waals surface area contributed by atoms with Gasteiger partial charge >= 0.3 is 0 Å². The van der Waals surface area contributed by atoms with Gasteiger partial charge in [0.2, 0.25) is 0 Å². The fourth-order valence-electron chi connectivity index (χ4n) is 1.85. The molecule has 3 heteroatoms. The fraction of sp³-hybridized carbons (Fsp3) is 0.643. The Hall–Kier alpha value is -0.410. The summed E-state index contributed by atoms with van der Waals surface area (Å²) in [5.74, 6) is 1.37. The van der Waals surface area contributed by atoms with E-state index in [9.17, 15) is 0 Å². The Morgan fingerprint density at radius 3 is 2.71 bits per heavy atom. The van der Waals surface area contributed by atoms with Gasteiger partial charge in [-0.15, -0.1) is 0 Å². The molecule has 2 nitrogen and oxygen atoms in total. The van der Waals surface area contributed by atoms with Crippen LogP contribution in [0, 0.1) is 11.8 Å². The number of halogens is 1. The summed E-state index contributed by atoms with van der Waals surface area (Å²) in [4.78, 5) is 4.21. The second-order valence-electron chi connectivity index (χ2n) is 4.87. The highest BCUT2D eigenvalue weighted by Gasteiger charge is 2.12. The summed E-state index contributed by atoms with van der Waals surface area (Å²) < 4.78 is 1.07. The molecule has 0 radical (unpaired) electrons. The Balaban J connectivity index is 2.39. The third-order valence-corrected chi connectivity index (χ3v) is 3.62. The van der Waals surface area contributed by atoms with Gasteiger partial charge in [-0.2, -0.15) is 0 Å². The number of nitrogens with one attached hydrogen (secondary N) is 1. The molecule has 0 fully saturated rings. The van der Waals surface area contributed by atoms with E-state index < -0.39 is 0 Å². The van der Waals surface area contributed by atoms with Crippen molar-refractivity contribution in [3.63, 3.8) is 0 Å². The van der Waals surface area contributed by atoms with Crippen LogP contribution in [0.5, 0.6) is 0 Å². The van der Waals surface area contributed by atoms with E-state index in [0.717, 1.165) is 24.0 Å². The van der Waals surface area contributed by atoms with Gasteiger partial charge in [0.1, 0.15) is 0 Å². The number of rotatable bonds is 7. The van der Waals surface area contributed by atoms with E-state index in [1.54, 1.807) is 0 Å². The van der Waals surface area contributed by atoms with Crippen molar-refractivity contribution in [2.24, 2.45) is 11.8 Å². The Morgan fingerprint density at radius 1 is 1.29 bits per heavy atom. The molecule has 1 heterocycles. The third-order valence-electron chi connectivity index (χ3n) is 3.18. The molecular weight excluding hydrogens is 276 g/mol. The lowest BCUT2D eigenvalue weighted by atomic mass is 9.90. The summed E-state index contributed by atoms with van der Waals surface area (Å²) in [6, 6.07) is 2.16. The number of aromatic nitrogens is 1. The molecule has 1 aromatic rings. The lowest BCUT2D eigenvalue weighted by Crippen LogP contribution is -2.26. The zero-order valence-corrected chi connectivity index (χ0v) is 12.6. The van der Waals surface area contributed by atoms with Gasteiger partial charge in [-0.3, -0.25) is 4.98 Å². The van der Waals surface area contributed by atoms with Crippen LogP contribution in [0.3, 0.4) is 0 Å². The largest absolute Gasteiger partial charge is 0.316 e. The molecular formula is C14H23BrN2. The fourth-order valence-corrected chi connectivity index (χ4v) is 2.26. The molecule has 0 aliphatic carbocycles. The first kappa shape index (κ1) is 14.7. The summed E-state index contributed by atoms with van der Waals surface area (Å²) >= 11 is 3.47. The smallest absolute Gasteiger partial charge is 0.0410 e. The molecule has 96 valence electrons. The highest BCUT2D eigenvalue weighted by molar-refractivity contribution is 9.10.